The van der Waals surface area contributed by atoms with Gasteiger partial charge >= 0.3 is 0 Å². The van der Waals surface area contributed by atoms with Crippen LogP contribution in [0.2, 0.25) is 0 Å². The molecule has 0 fully saturated rings. The molecule has 0 saturated carbocycles. The molecule has 1 heterocycles. The molecular formula is C20H23N3OS. The molecular weight excluding hydrogens is 330 g/mol. The van der Waals surface area contributed by atoms with Crippen molar-refractivity contribution in [1.82, 2.24) is 14.8 Å². The standard InChI is InChI=1S/C20H23N3OS/c1-3-4-14-25-20-22-21-19(15-16-8-6-5-7-9-16)23(20)17-10-12-18(24-2)13-11-17/h5-13H,3-4,14-15H2,1-2H3. The van der Waals surface area contributed by atoms with Crippen LogP contribution in [0.4, 0.5) is 0 Å². The van der Waals surface area contributed by atoms with Crippen molar-refractivity contribution in [3.63, 3.8) is 0 Å². The van der Waals surface area contributed by atoms with Crippen LogP contribution in [0.5, 0.6) is 5.75 Å². The van der Waals surface area contributed by atoms with Crippen molar-refractivity contribution in [2.75, 3.05) is 12.9 Å². The van der Waals surface area contributed by atoms with Crippen LogP contribution >= 0.6 is 11.8 Å². The van der Waals surface area contributed by atoms with E-state index in [2.05, 4.69) is 58.1 Å². The first-order valence-electron chi connectivity index (χ1n) is 8.57. The first-order valence-corrected chi connectivity index (χ1v) is 9.56. The molecule has 1 aromatic heterocycles. The quantitative estimate of drug-likeness (QED) is 0.432. The van der Waals surface area contributed by atoms with E-state index in [1.807, 2.05) is 18.2 Å². The van der Waals surface area contributed by atoms with Crippen LogP contribution in [0.15, 0.2) is 59.8 Å². The molecule has 2 aromatic carbocycles. The minimum absolute atomic E-state index is 0.758. The van der Waals surface area contributed by atoms with Gasteiger partial charge in [0.25, 0.3) is 0 Å². The molecule has 3 rings (SSSR count). The predicted octanol–water partition coefficient (Wildman–Crippen LogP) is 4.76. The van der Waals surface area contributed by atoms with Gasteiger partial charge < -0.3 is 4.74 Å². The fraction of sp³-hybridized carbons (Fsp3) is 0.300. The fourth-order valence-electron chi connectivity index (χ4n) is 2.59. The third-order valence-corrected chi connectivity index (χ3v) is 4.98. The summed E-state index contributed by atoms with van der Waals surface area (Å²) in [6.45, 7) is 2.20. The molecule has 130 valence electrons. The van der Waals surface area contributed by atoms with Crippen LogP contribution < -0.4 is 4.74 Å². The maximum Gasteiger partial charge on any atom is 0.195 e. The monoisotopic (exact) mass is 353 g/mol. The number of benzene rings is 2. The summed E-state index contributed by atoms with van der Waals surface area (Å²) < 4.78 is 7.44. The Morgan fingerprint density at radius 1 is 1.00 bits per heavy atom. The van der Waals surface area contributed by atoms with E-state index in [9.17, 15) is 0 Å². The molecule has 0 amide bonds. The van der Waals surface area contributed by atoms with E-state index in [0.29, 0.717) is 0 Å². The van der Waals surface area contributed by atoms with Gasteiger partial charge in [-0.25, -0.2) is 0 Å². The first kappa shape index (κ1) is 17.5. The van der Waals surface area contributed by atoms with Crippen molar-refractivity contribution in [3.8, 4) is 11.4 Å². The van der Waals surface area contributed by atoms with Crippen LogP contribution in [0.25, 0.3) is 5.69 Å². The molecule has 0 N–H and O–H groups in total. The average molecular weight is 353 g/mol. The normalized spacial score (nSPS) is 10.8. The molecule has 0 spiro atoms. The van der Waals surface area contributed by atoms with Crippen LogP contribution in [0.1, 0.15) is 31.2 Å². The predicted molar refractivity (Wildman–Crippen MR) is 103 cm³/mol. The number of hydrogen-bond acceptors (Lipinski definition) is 4. The Morgan fingerprint density at radius 3 is 2.44 bits per heavy atom. The number of rotatable bonds is 8. The summed E-state index contributed by atoms with van der Waals surface area (Å²) >= 11 is 1.77. The molecule has 0 aliphatic carbocycles. The second kappa shape index (κ2) is 8.72. The Bertz CT molecular complexity index is 784. The van der Waals surface area contributed by atoms with Crippen molar-refractivity contribution in [2.45, 2.75) is 31.3 Å². The van der Waals surface area contributed by atoms with Gasteiger partial charge in [0, 0.05) is 17.9 Å². The number of ether oxygens (including phenoxy) is 1. The van der Waals surface area contributed by atoms with Crippen LogP contribution in [-0.2, 0) is 6.42 Å². The van der Waals surface area contributed by atoms with Crippen molar-refractivity contribution in [1.29, 1.82) is 0 Å². The molecule has 0 aliphatic rings. The van der Waals surface area contributed by atoms with Gasteiger partial charge in [-0.1, -0.05) is 55.4 Å². The zero-order valence-electron chi connectivity index (χ0n) is 14.7. The topological polar surface area (TPSA) is 39.9 Å². The SMILES string of the molecule is CCCCSc1nnc(Cc2ccccc2)n1-c1ccc(OC)cc1. The highest BCUT2D eigenvalue weighted by Crippen LogP contribution is 2.25. The summed E-state index contributed by atoms with van der Waals surface area (Å²) in [5, 5.41) is 9.87. The highest BCUT2D eigenvalue weighted by Gasteiger charge is 2.15. The highest BCUT2D eigenvalue weighted by atomic mass is 32.2. The number of unbranched alkanes of at least 4 members (excludes halogenated alkanes) is 1. The minimum Gasteiger partial charge on any atom is -0.497 e. The van der Waals surface area contributed by atoms with Gasteiger partial charge in [-0.05, 0) is 36.2 Å². The minimum atomic E-state index is 0.758. The summed E-state index contributed by atoms with van der Waals surface area (Å²) in [5.74, 6) is 2.85. The molecule has 5 heteroatoms. The lowest BCUT2D eigenvalue weighted by Crippen LogP contribution is -2.04. The van der Waals surface area contributed by atoms with E-state index in [-0.39, 0.29) is 0 Å². The third-order valence-electron chi connectivity index (χ3n) is 3.97. The summed E-state index contributed by atoms with van der Waals surface area (Å²) in [4.78, 5) is 0. The van der Waals surface area contributed by atoms with Gasteiger partial charge in [-0.3, -0.25) is 4.57 Å². The summed E-state index contributed by atoms with van der Waals surface area (Å²) in [6.07, 6.45) is 3.11. The zero-order chi connectivity index (χ0) is 17.5. The Hall–Kier alpha value is -2.27. The molecule has 0 bridgehead atoms. The lowest BCUT2D eigenvalue weighted by atomic mass is 10.1. The van der Waals surface area contributed by atoms with E-state index < -0.39 is 0 Å². The molecule has 4 nitrogen and oxygen atoms in total. The Morgan fingerprint density at radius 2 is 1.76 bits per heavy atom. The molecule has 0 radical (unpaired) electrons. The van der Waals surface area contributed by atoms with Gasteiger partial charge in [0.1, 0.15) is 11.6 Å². The summed E-state index contributed by atoms with van der Waals surface area (Å²) in [6, 6.07) is 18.4. The van der Waals surface area contributed by atoms with Crippen LogP contribution in [-0.4, -0.2) is 27.6 Å². The number of methoxy groups -OCH3 is 1. The zero-order valence-corrected chi connectivity index (χ0v) is 15.5. The van der Waals surface area contributed by atoms with Gasteiger partial charge in [-0.2, -0.15) is 0 Å². The number of aromatic nitrogens is 3. The maximum absolute atomic E-state index is 5.28. The first-order chi connectivity index (χ1) is 12.3. The van der Waals surface area contributed by atoms with E-state index in [4.69, 9.17) is 4.74 Å². The smallest absolute Gasteiger partial charge is 0.195 e. The van der Waals surface area contributed by atoms with Crippen LogP contribution in [0.3, 0.4) is 0 Å². The number of hydrogen-bond donors (Lipinski definition) is 0. The molecule has 25 heavy (non-hydrogen) atoms. The van der Waals surface area contributed by atoms with Gasteiger partial charge in [-0.15, -0.1) is 10.2 Å². The maximum atomic E-state index is 5.28. The molecule has 0 aliphatic heterocycles. The summed E-state index contributed by atoms with van der Waals surface area (Å²) in [7, 11) is 1.68. The second-order valence-corrected chi connectivity index (χ2v) is 6.86. The molecule has 0 unspecified atom stereocenters. The lowest BCUT2D eigenvalue weighted by Gasteiger charge is -2.11. The van der Waals surface area contributed by atoms with Gasteiger partial charge in [0.15, 0.2) is 5.16 Å². The molecule has 0 saturated heterocycles. The lowest BCUT2D eigenvalue weighted by molar-refractivity contribution is 0.414. The second-order valence-electron chi connectivity index (χ2n) is 5.80. The van der Waals surface area contributed by atoms with E-state index in [1.54, 1.807) is 18.9 Å². The third kappa shape index (κ3) is 4.42. The van der Waals surface area contributed by atoms with E-state index in [0.717, 1.165) is 34.6 Å². The highest BCUT2D eigenvalue weighted by molar-refractivity contribution is 7.99. The van der Waals surface area contributed by atoms with Gasteiger partial charge in [0.05, 0.1) is 7.11 Å². The van der Waals surface area contributed by atoms with Crippen molar-refractivity contribution in [3.05, 3.63) is 66.0 Å². The van der Waals surface area contributed by atoms with Gasteiger partial charge in [0.2, 0.25) is 0 Å². The van der Waals surface area contributed by atoms with Crippen molar-refractivity contribution >= 4 is 11.8 Å². The van der Waals surface area contributed by atoms with Crippen molar-refractivity contribution in [2.24, 2.45) is 0 Å². The van der Waals surface area contributed by atoms with E-state index in [1.165, 1.54) is 18.4 Å². The van der Waals surface area contributed by atoms with Crippen molar-refractivity contribution < 1.29 is 4.74 Å². The average Bonchev–Trinajstić information content (AvgIpc) is 3.05. The number of thioether (sulfide) groups is 1. The fourth-order valence-corrected chi connectivity index (χ4v) is 3.64. The Kier molecular flexibility index (Phi) is 6.12. The van der Waals surface area contributed by atoms with E-state index >= 15 is 0 Å². The molecule has 0 atom stereocenters. The number of nitrogens with zero attached hydrogens (tertiary/aromatic N) is 3. The largest absolute Gasteiger partial charge is 0.497 e. The van der Waals surface area contributed by atoms with Crippen LogP contribution in [0, 0.1) is 0 Å². The Balaban J connectivity index is 1.93. The Labute approximate surface area is 153 Å². The molecule has 3 aromatic rings. The summed E-state index contributed by atoms with van der Waals surface area (Å²) in [5.41, 5.74) is 2.30.